The van der Waals surface area contributed by atoms with Crippen LogP contribution in [0.5, 0.6) is 0 Å². The molecule has 0 amide bonds. The summed E-state index contributed by atoms with van der Waals surface area (Å²) in [5, 5.41) is 4.58. The van der Waals surface area contributed by atoms with Gasteiger partial charge in [-0.25, -0.2) is 26.9 Å². The van der Waals surface area contributed by atoms with Crippen LogP contribution in [0.4, 0.5) is 14.6 Å². The van der Waals surface area contributed by atoms with Crippen LogP contribution >= 0.6 is 0 Å². The van der Waals surface area contributed by atoms with Gasteiger partial charge in [0.15, 0.2) is 0 Å². The van der Waals surface area contributed by atoms with E-state index in [4.69, 9.17) is 9.47 Å². The molecule has 0 N–H and O–H groups in total. The van der Waals surface area contributed by atoms with E-state index in [1.54, 1.807) is 42.3 Å². The summed E-state index contributed by atoms with van der Waals surface area (Å²) in [6.07, 6.45) is 5.88. The fourth-order valence-corrected chi connectivity index (χ4v) is 7.49. The third-order valence-electron chi connectivity index (χ3n) is 8.21. The number of sulfonamides is 1. The lowest BCUT2D eigenvalue weighted by Crippen LogP contribution is -2.51. The molecule has 2 atom stereocenters. The highest BCUT2D eigenvalue weighted by Gasteiger charge is 2.46. The Morgan fingerprint density at radius 3 is 2.63 bits per heavy atom. The van der Waals surface area contributed by atoms with Crippen LogP contribution in [-0.2, 0) is 25.9 Å². The Kier molecular flexibility index (Phi) is 7.66. The van der Waals surface area contributed by atoms with Gasteiger partial charge in [-0.1, -0.05) is 5.57 Å². The second kappa shape index (κ2) is 11.2. The molecule has 41 heavy (non-hydrogen) atoms. The molecular formula is C29H33F2N5O4S. The summed E-state index contributed by atoms with van der Waals surface area (Å²) in [5.41, 5.74) is 3.14. The number of hydrogen-bond donors (Lipinski definition) is 0. The monoisotopic (exact) mass is 585 g/mol. The van der Waals surface area contributed by atoms with Crippen molar-refractivity contribution in [2.75, 3.05) is 58.0 Å². The number of aromatic nitrogens is 3. The zero-order valence-electron chi connectivity index (χ0n) is 22.9. The van der Waals surface area contributed by atoms with Crippen molar-refractivity contribution in [1.29, 1.82) is 0 Å². The van der Waals surface area contributed by atoms with Crippen LogP contribution in [-0.4, -0.2) is 86.8 Å². The predicted molar refractivity (Wildman–Crippen MR) is 150 cm³/mol. The molecule has 6 rings (SSSR count). The van der Waals surface area contributed by atoms with Gasteiger partial charge in [0.2, 0.25) is 10.0 Å². The van der Waals surface area contributed by atoms with E-state index in [0.717, 1.165) is 22.5 Å². The van der Waals surface area contributed by atoms with Crippen molar-refractivity contribution >= 4 is 21.9 Å². The van der Waals surface area contributed by atoms with E-state index in [2.05, 4.69) is 16.2 Å². The molecule has 3 aromatic rings. The van der Waals surface area contributed by atoms with Gasteiger partial charge < -0.3 is 14.4 Å². The number of ether oxygens (including phenoxy) is 2. The van der Waals surface area contributed by atoms with Crippen molar-refractivity contribution in [3.8, 4) is 5.69 Å². The smallest absolute Gasteiger partial charge is 0.244 e. The molecule has 3 aliphatic rings. The minimum absolute atomic E-state index is 0.112. The Bertz CT molecular complexity index is 1530. The van der Waals surface area contributed by atoms with E-state index in [1.807, 2.05) is 4.90 Å². The third-order valence-corrected chi connectivity index (χ3v) is 10.0. The minimum atomic E-state index is -3.84. The molecule has 218 valence electrons. The zero-order chi connectivity index (χ0) is 28.6. The van der Waals surface area contributed by atoms with Crippen LogP contribution in [0.25, 0.3) is 11.8 Å². The van der Waals surface area contributed by atoms with Gasteiger partial charge in [0.25, 0.3) is 0 Å². The first-order chi connectivity index (χ1) is 19.8. The summed E-state index contributed by atoms with van der Waals surface area (Å²) in [7, 11) is -2.23. The van der Waals surface area contributed by atoms with Crippen LogP contribution in [0.1, 0.15) is 24.1 Å². The van der Waals surface area contributed by atoms with Crippen molar-refractivity contribution in [1.82, 2.24) is 19.1 Å². The molecule has 2 aliphatic heterocycles. The minimum Gasteiger partial charge on any atom is -0.382 e. The molecule has 2 aromatic heterocycles. The summed E-state index contributed by atoms with van der Waals surface area (Å²) in [6, 6.07) is 9.39. The molecule has 0 bridgehead atoms. The summed E-state index contributed by atoms with van der Waals surface area (Å²) < 4.78 is 69.3. The number of fused-ring (bicyclic) bond motifs is 2. The molecule has 1 unspecified atom stereocenters. The van der Waals surface area contributed by atoms with Crippen LogP contribution in [0.3, 0.4) is 0 Å². The molecule has 1 aliphatic carbocycles. The first-order valence-corrected chi connectivity index (χ1v) is 15.2. The number of alkyl halides is 1. The van der Waals surface area contributed by atoms with Gasteiger partial charge in [-0.15, -0.1) is 0 Å². The molecule has 0 spiro atoms. The fourth-order valence-electron chi connectivity index (χ4n) is 6.01. The Labute approximate surface area is 238 Å². The van der Waals surface area contributed by atoms with Gasteiger partial charge >= 0.3 is 0 Å². The SMILES string of the molecule is COCCOCC12Cc3cnn(-c4ccc(F)cc4)c3C=C1CCN(S(=O)(=O)c1ccc(N3CC[C@@H](F)C3)nc1)C2. The maximum atomic E-state index is 13.8. The second-order valence-electron chi connectivity index (χ2n) is 10.9. The predicted octanol–water partition coefficient (Wildman–Crippen LogP) is 3.64. The molecular weight excluding hydrogens is 552 g/mol. The van der Waals surface area contributed by atoms with E-state index in [0.29, 0.717) is 58.0 Å². The fraction of sp³-hybridized carbons (Fsp3) is 0.448. The highest BCUT2D eigenvalue weighted by molar-refractivity contribution is 7.89. The van der Waals surface area contributed by atoms with E-state index >= 15 is 0 Å². The van der Waals surface area contributed by atoms with Crippen molar-refractivity contribution < 1.29 is 26.7 Å². The van der Waals surface area contributed by atoms with Gasteiger partial charge in [-0.05, 0) is 67.3 Å². The van der Waals surface area contributed by atoms with Gasteiger partial charge in [0, 0.05) is 38.4 Å². The molecule has 0 radical (unpaired) electrons. The van der Waals surface area contributed by atoms with Crippen molar-refractivity contribution in [2.45, 2.75) is 30.3 Å². The normalized spacial score (nSPS) is 22.9. The standard InChI is InChI=1S/C29H33F2N5O4S/c1-39-12-13-40-20-29-15-21-16-33-36(25-4-2-23(30)3-5-25)27(21)14-22(29)8-11-35(19-29)41(37,38)26-6-7-28(32-17-26)34-10-9-24(31)18-34/h2-7,14,16-17,24H,8-13,15,18-20H2,1H3/t24-,29?/m1/s1. The van der Waals surface area contributed by atoms with Crippen LogP contribution in [0.15, 0.2) is 59.3 Å². The number of benzene rings is 1. The number of hydrogen-bond acceptors (Lipinski definition) is 7. The van der Waals surface area contributed by atoms with Gasteiger partial charge in [0.1, 0.15) is 22.7 Å². The summed E-state index contributed by atoms with van der Waals surface area (Å²) in [5.74, 6) is 0.261. The molecule has 12 heteroatoms. The molecule has 1 aromatic carbocycles. The van der Waals surface area contributed by atoms with Crippen molar-refractivity contribution in [3.05, 3.63) is 71.4 Å². The Balaban J connectivity index is 1.28. The zero-order valence-corrected chi connectivity index (χ0v) is 23.7. The average molecular weight is 586 g/mol. The number of rotatable bonds is 9. The number of piperidine rings is 1. The van der Waals surface area contributed by atoms with Gasteiger partial charge in [-0.2, -0.15) is 9.40 Å². The number of anilines is 1. The first-order valence-electron chi connectivity index (χ1n) is 13.7. The Hall–Kier alpha value is -3.19. The molecule has 0 saturated carbocycles. The highest BCUT2D eigenvalue weighted by Crippen LogP contribution is 2.45. The van der Waals surface area contributed by atoms with Gasteiger partial charge in [0.05, 0.1) is 43.9 Å². The molecule has 2 fully saturated rings. The Morgan fingerprint density at radius 1 is 1.10 bits per heavy atom. The van der Waals surface area contributed by atoms with Crippen molar-refractivity contribution in [3.63, 3.8) is 0 Å². The lowest BCUT2D eigenvalue weighted by Gasteiger charge is -2.45. The number of halogens is 2. The summed E-state index contributed by atoms with van der Waals surface area (Å²) >= 11 is 0. The number of pyridine rings is 1. The topological polar surface area (TPSA) is 89.8 Å². The van der Waals surface area contributed by atoms with E-state index in [9.17, 15) is 17.2 Å². The quantitative estimate of drug-likeness (QED) is 0.355. The summed E-state index contributed by atoms with van der Waals surface area (Å²) in [6.45, 7) is 2.53. The highest BCUT2D eigenvalue weighted by atomic mass is 32.2. The lowest BCUT2D eigenvalue weighted by molar-refractivity contribution is 0.0147. The van der Waals surface area contributed by atoms with Crippen LogP contribution < -0.4 is 4.90 Å². The number of methoxy groups -OCH3 is 1. The maximum absolute atomic E-state index is 13.8. The van der Waals surface area contributed by atoms with Crippen LogP contribution in [0.2, 0.25) is 0 Å². The largest absolute Gasteiger partial charge is 0.382 e. The van der Waals surface area contributed by atoms with Gasteiger partial charge in [-0.3, -0.25) is 0 Å². The molecule has 9 nitrogen and oxygen atoms in total. The molecule has 4 heterocycles. The third kappa shape index (κ3) is 5.41. The van der Waals surface area contributed by atoms with E-state index < -0.39 is 21.6 Å². The van der Waals surface area contributed by atoms with E-state index in [1.165, 1.54) is 22.6 Å². The Morgan fingerprint density at radius 2 is 1.93 bits per heavy atom. The maximum Gasteiger partial charge on any atom is 0.244 e. The van der Waals surface area contributed by atoms with E-state index in [-0.39, 0.29) is 23.8 Å². The molecule has 2 saturated heterocycles. The second-order valence-corrected chi connectivity index (χ2v) is 12.8. The lowest BCUT2D eigenvalue weighted by atomic mass is 9.69. The number of nitrogens with zero attached hydrogens (tertiary/aromatic N) is 5. The van der Waals surface area contributed by atoms with Crippen LogP contribution in [0, 0.1) is 11.2 Å². The summed E-state index contributed by atoms with van der Waals surface area (Å²) in [4.78, 5) is 6.30. The van der Waals surface area contributed by atoms with Crippen molar-refractivity contribution in [2.24, 2.45) is 5.41 Å². The first kappa shape index (κ1) is 28.0. The average Bonchev–Trinajstić information content (AvgIpc) is 3.60.